The number of rotatable bonds is 4. The summed E-state index contributed by atoms with van der Waals surface area (Å²) in [6, 6.07) is 0.318. The monoisotopic (exact) mass is 202 g/mol. The number of methoxy groups -OCH3 is 1. The predicted octanol–water partition coefficient (Wildman–Crippen LogP) is 0.807. The Balaban J connectivity index is 2.53. The zero-order valence-corrected chi connectivity index (χ0v) is 9.44. The molecule has 14 heavy (non-hydrogen) atoms. The second-order valence-corrected chi connectivity index (χ2v) is 3.96. The van der Waals surface area contributed by atoms with Crippen molar-refractivity contribution in [2.45, 2.75) is 32.4 Å². The maximum atomic E-state index is 9.46. The molecule has 0 radical (unpaired) electrons. The van der Waals surface area contributed by atoms with E-state index in [0.717, 1.165) is 26.1 Å². The fourth-order valence-electron chi connectivity index (χ4n) is 2.00. The molecular formula is C10H22N2O2. The van der Waals surface area contributed by atoms with Crippen LogP contribution >= 0.6 is 0 Å². The first-order chi connectivity index (χ1) is 6.69. The lowest BCUT2D eigenvalue weighted by molar-refractivity contribution is -0.150. The fraction of sp³-hybridized carbons (Fsp3) is 1.00. The zero-order chi connectivity index (χ0) is 10.6. The molecule has 1 rings (SSSR count). The van der Waals surface area contributed by atoms with Gasteiger partial charge in [-0.1, -0.05) is 6.92 Å². The molecule has 0 aromatic carbocycles. The van der Waals surface area contributed by atoms with Gasteiger partial charge in [0.05, 0.1) is 12.1 Å². The van der Waals surface area contributed by atoms with Crippen molar-refractivity contribution in [3.05, 3.63) is 0 Å². The van der Waals surface area contributed by atoms with Crippen LogP contribution in [-0.4, -0.2) is 60.6 Å². The van der Waals surface area contributed by atoms with Crippen LogP contribution in [0, 0.1) is 0 Å². The van der Waals surface area contributed by atoms with Gasteiger partial charge >= 0.3 is 0 Å². The van der Waals surface area contributed by atoms with Gasteiger partial charge in [-0.25, -0.2) is 0 Å². The van der Waals surface area contributed by atoms with Crippen molar-refractivity contribution < 1.29 is 9.94 Å². The summed E-state index contributed by atoms with van der Waals surface area (Å²) < 4.78 is 5.34. The Morgan fingerprint density at radius 3 is 2.79 bits per heavy atom. The SMILES string of the molecule is CCCN1CCN(O)CC1C(C)OC. The number of hydrogen-bond acceptors (Lipinski definition) is 4. The van der Waals surface area contributed by atoms with E-state index < -0.39 is 0 Å². The van der Waals surface area contributed by atoms with Crippen LogP contribution in [0.15, 0.2) is 0 Å². The molecule has 0 saturated carbocycles. The predicted molar refractivity (Wildman–Crippen MR) is 55.5 cm³/mol. The zero-order valence-electron chi connectivity index (χ0n) is 9.44. The van der Waals surface area contributed by atoms with E-state index in [2.05, 4.69) is 18.7 Å². The summed E-state index contributed by atoms with van der Waals surface area (Å²) in [7, 11) is 1.73. The van der Waals surface area contributed by atoms with E-state index in [1.807, 2.05) is 0 Å². The first-order valence-corrected chi connectivity index (χ1v) is 5.39. The summed E-state index contributed by atoms with van der Waals surface area (Å²) in [4.78, 5) is 2.40. The summed E-state index contributed by atoms with van der Waals surface area (Å²) in [5.41, 5.74) is 0. The first-order valence-electron chi connectivity index (χ1n) is 5.39. The minimum Gasteiger partial charge on any atom is -0.380 e. The third kappa shape index (κ3) is 2.92. The molecule has 0 spiro atoms. The van der Waals surface area contributed by atoms with E-state index in [1.54, 1.807) is 7.11 Å². The molecule has 2 unspecified atom stereocenters. The number of hydrogen-bond donors (Lipinski definition) is 1. The van der Waals surface area contributed by atoms with Crippen molar-refractivity contribution in [1.29, 1.82) is 0 Å². The summed E-state index contributed by atoms with van der Waals surface area (Å²) >= 11 is 0. The van der Waals surface area contributed by atoms with Gasteiger partial charge in [-0.05, 0) is 19.9 Å². The van der Waals surface area contributed by atoms with Crippen molar-refractivity contribution in [2.24, 2.45) is 0 Å². The van der Waals surface area contributed by atoms with Gasteiger partial charge in [-0.15, -0.1) is 0 Å². The average molecular weight is 202 g/mol. The van der Waals surface area contributed by atoms with Crippen LogP contribution < -0.4 is 0 Å². The molecular weight excluding hydrogens is 180 g/mol. The van der Waals surface area contributed by atoms with E-state index in [1.165, 1.54) is 5.06 Å². The second kappa shape index (κ2) is 5.66. The molecule has 1 aliphatic heterocycles. The van der Waals surface area contributed by atoms with Gasteiger partial charge in [0.2, 0.25) is 0 Å². The van der Waals surface area contributed by atoms with Crippen LogP contribution in [0.3, 0.4) is 0 Å². The van der Waals surface area contributed by atoms with Gasteiger partial charge in [0.25, 0.3) is 0 Å². The van der Waals surface area contributed by atoms with E-state index in [4.69, 9.17) is 4.74 Å². The number of piperazine rings is 1. The first kappa shape index (κ1) is 11.9. The molecule has 1 N–H and O–H groups in total. The Labute approximate surface area is 86.4 Å². The molecule has 0 aromatic rings. The molecule has 1 heterocycles. The highest BCUT2D eigenvalue weighted by atomic mass is 16.5. The summed E-state index contributed by atoms with van der Waals surface area (Å²) in [6.07, 6.45) is 1.33. The minimum absolute atomic E-state index is 0.177. The molecule has 2 atom stereocenters. The largest absolute Gasteiger partial charge is 0.380 e. The highest BCUT2D eigenvalue weighted by molar-refractivity contribution is 4.83. The highest BCUT2D eigenvalue weighted by Crippen LogP contribution is 2.13. The van der Waals surface area contributed by atoms with Crippen LogP contribution in [-0.2, 0) is 4.74 Å². The van der Waals surface area contributed by atoms with Crippen molar-refractivity contribution >= 4 is 0 Å². The normalized spacial score (nSPS) is 27.9. The summed E-state index contributed by atoms with van der Waals surface area (Å²) in [5.74, 6) is 0. The van der Waals surface area contributed by atoms with Gasteiger partial charge < -0.3 is 9.94 Å². The van der Waals surface area contributed by atoms with Crippen molar-refractivity contribution in [1.82, 2.24) is 9.96 Å². The topological polar surface area (TPSA) is 35.9 Å². The number of nitrogens with zero attached hydrogens (tertiary/aromatic N) is 2. The van der Waals surface area contributed by atoms with E-state index in [0.29, 0.717) is 12.6 Å². The quantitative estimate of drug-likeness (QED) is 0.731. The highest BCUT2D eigenvalue weighted by Gasteiger charge is 2.29. The molecule has 1 saturated heterocycles. The molecule has 1 aliphatic rings. The Morgan fingerprint density at radius 1 is 1.50 bits per heavy atom. The molecule has 4 heteroatoms. The Hall–Kier alpha value is -0.160. The van der Waals surface area contributed by atoms with E-state index >= 15 is 0 Å². The van der Waals surface area contributed by atoms with E-state index in [-0.39, 0.29) is 6.10 Å². The van der Waals surface area contributed by atoms with Gasteiger partial charge in [0, 0.05) is 26.7 Å². The van der Waals surface area contributed by atoms with Crippen LogP contribution in [0.25, 0.3) is 0 Å². The molecule has 0 bridgehead atoms. The molecule has 0 aromatic heterocycles. The number of hydroxylamine groups is 2. The van der Waals surface area contributed by atoms with Crippen LogP contribution in [0.2, 0.25) is 0 Å². The lowest BCUT2D eigenvalue weighted by atomic mass is 10.1. The van der Waals surface area contributed by atoms with Gasteiger partial charge in [-0.2, -0.15) is 5.06 Å². The molecule has 4 nitrogen and oxygen atoms in total. The standard InChI is InChI=1S/C10H22N2O2/c1-4-5-11-6-7-12(13)8-10(11)9(2)14-3/h9-10,13H,4-8H2,1-3H3. The lowest BCUT2D eigenvalue weighted by Crippen LogP contribution is -2.56. The smallest absolute Gasteiger partial charge is 0.0711 e. The number of ether oxygens (including phenoxy) is 1. The summed E-state index contributed by atoms with van der Waals surface area (Å²) in [5, 5.41) is 10.9. The average Bonchev–Trinajstić information content (AvgIpc) is 2.20. The maximum absolute atomic E-state index is 9.46. The third-order valence-corrected chi connectivity index (χ3v) is 2.94. The molecule has 1 fully saturated rings. The fourth-order valence-corrected chi connectivity index (χ4v) is 2.00. The van der Waals surface area contributed by atoms with Gasteiger partial charge in [0.1, 0.15) is 0 Å². The lowest BCUT2D eigenvalue weighted by Gasteiger charge is -2.41. The van der Waals surface area contributed by atoms with Gasteiger partial charge in [-0.3, -0.25) is 4.90 Å². The molecule has 84 valence electrons. The third-order valence-electron chi connectivity index (χ3n) is 2.94. The summed E-state index contributed by atoms with van der Waals surface area (Å²) in [6.45, 7) is 7.70. The van der Waals surface area contributed by atoms with Crippen LogP contribution in [0.5, 0.6) is 0 Å². The van der Waals surface area contributed by atoms with Crippen molar-refractivity contribution in [2.75, 3.05) is 33.3 Å². The minimum atomic E-state index is 0.177. The Morgan fingerprint density at radius 2 is 2.21 bits per heavy atom. The maximum Gasteiger partial charge on any atom is 0.0711 e. The van der Waals surface area contributed by atoms with Crippen LogP contribution in [0.4, 0.5) is 0 Å². The van der Waals surface area contributed by atoms with Crippen molar-refractivity contribution in [3.8, 4) is 0 Å². The molecule has 0 aliphatic carbocycles. The molecule has 0 amide bonds. The Bertz CT molecular complexity index is 166. The van der Waals surface area contributed by atoms with Crippen molar-refractivity contribution in [3.63, 3.8) is 0 Å². The van der Waals surface area contributed by atoms with Crippen LogP contribution in [0.1, 0.15) is 20.3 Å². The van der Waals surface area contributed by atoms with E-state index in [9.17, 15) is 5.21 Å². The van der Waals surface area contributed by atoms with Gasteiger partial charge in [0.15, 0.2) is 0 Å². The Kier molecular flexibility index (Phi) is 4.81. The second-order valence-electron chi connectivity index (χ2n) is 3.96.